The van der Waals surface area contributed by atoms with Crippen LogP contribution in [-0.2, 0) is 11.4 Å². The van der Waals surface area contributed by atoms with Crippen molar-refractivity contribution in [1.29, 1.82) is 0 Å². The van der Waals surface area contributed by atoms with Gasteiger partial charge in [0.05, 0.1) is 17.4 Å². The molecular formula is C27H27FN2O4S2. The zero-order valence-electron chi connectivity index (χ0n) is 19.8. The molecule has 1 N–H and O–H groups in total. The van der Waals surface area contributed by atoms with Crippen LogP contribution in [0, 0.1) is 5.82 Å². The average Bonchev–Trinajstić information content (AvgIpc) is 3.44. The Morgan fingerprint density at radius 1 is 1.03 bits per heavy atom. The van der Waals surface area contributed by atoms with E-state index < -0.39 is 0 Å². The van der Waals surface area contributed by atoms with Gasteiger partial charge < -0.3 is 14.2 Å². The van der Waals surface area contributed by atoms with Crippen molar-refractivity contribution in [3.05, 3.63) is 89.2 Å². The standard InChI is InChI=1S/C27H27FN2O4S2/c1-2-32-25-15-19(7-12-24(25)34-17-21-5-3-4-6-23(21)28)16-29-30-26(31)18-33-22-10-8-20(9-11-22)27-35-13-14-36-27/h3-12,15-16,27H,2,13-14,17-18H2,1H3,(H,30,31)/b29-16-. The van der Waals surface area contributed by atoms with E-state index in [9.17, 15) is 9.18 Å². The molecule has 0 unspecified atom stereocenters. The monoisotopic (exact) mass is 526 g/mol. The molecule has 0 bridgehead atoms. The van der Waals surface area contributed by atoms with Gasteiger partial charge >= 0.3 is 0 Å². The Morgan fingerprint density at radius 3 is 2.56 bits per heavy atom. The summed E-state index contributed by atoms with van der Waals surface area (Å²) in [5.74, 6) is 3.29. The van der Waals surface area contributed by atoms with E-state index in [-0.39, 0.29) is 24.9 Å². The van der Waals surface area contributed by atoms with E-state index in [0.717, 1.165) is 0 Å². The lowest BCUT2D eigenvalue weighted by Crippen LogP contribution is -2.24. The first-order valence-corrected chi connectivity index (χ1v) is 13.6. The Morgan fingerprint density at radius 2 is 1.81 bits per heavy atom. The Kier molecular flexibility index (Phi) is 9.52. The fourth-order valence-electron chi connectivity index (χ4n) is 3.40. The average molecular weight is 527 g/mol. The first kappa shape index (κ1) is 25.9. The van der Waals surface area contributed by atoms with Crippen LogP contribution in [0.2, 0.25) is 0 Å². The van der Waals surface area contributed by atoms with E-state index in [1.807, 2.05) is 54.7 Å². The largest absolute Gasteiger partial charge is 0.490 e. The molecule has 1 amide bonds. The minimum Gasteiger partial charge on any atom is -0.490 e. The Bertz CT molecular complexity index is 1180. The maximum absolute atomic E-state index is 13.9. The summed E-state index contributed by atoms with van der Waals surface area (Å²) in [6.07, 6.45) is 1.51. The summed E-state index contributed by atoms with van der Waals surface area (Å²) in [5.41, 5.74) is 4.89. The third kappa shape index (κ3) is 7.41. The molecule has 0 saturated carbocycles. The fraction of sp³-hybridized carbons (Fsp3) is 0.259. The minimum absolute atomic E-state index is 0.0808. The molecule has 36 heavy (non-hydrogen) atoms. The number of carbonyl (C=O) groups is 1. The molecule has 0 spiro atoms. The quantitative estimate of drug-likeness (QED) is 0.251. The maximum atomic E-state index is 13.9. The number of hydrogen-bond acceptors (Lipinski definition) is 7. The van der Waals surface area contributed by atoms with Crippen LogP contribution in [0.25, 0.3) is 0 Å². The fourth-order valence-corrected chi connectivity index (χ4v) is 6.25. The molecule has 1 heterocycles. The number of carbonyl (C=O) groups excluding carboxylic acids is 1. The number of ether oxygens (including phenoxy) is 3. The van der Waals surface area contributed by atoms with Gasteiger partial charge in [0.1, 0.15) is 18.2 Å². The van der Waals surface area contributed by atoms with Gasteiger partial charge in [-0.2, -0.15) is 5.10 Å². The van der Waals surface area contributed by atoms with Crippen molar-refractivity contribution in [2.75, 3.05) is 24.7 Å². The zero-order chi connectivity index (χ0) is 25.2. The van der Waals surface area contributed by atoms with E-state index in [4.69, 9.17) is 14.2 Å². The molecule has 0 radical (unpaired) electrons. The molecule has 4 rings (SSSR count). The van der Waals surface area contributed by atoms with Crippen molar-refractivity contribution < 1.29 is 23.4 Å². The van der Waals surface area contributed by atoms with Gasteiger partial charge in [-0.15, -0.1) is 23.5 Å². The lowest BCUT2D eigenvalue weighted by atomic mass is 10.2. The van der Waals surface area contributed by atoms with E-state index in [2.05, 4.69) is 10.5 Å². The molecule has 0 aromatic heterocycles. The molecular weight excluding hydrogens is 499 g/mol. The van der Waals surface area contributed by atoms with Gasteiger partial charge in [-0.1, -0.05) is 30.3 Å². The molecule has 188 valence electrons. The molecule has 3 aromatic carbocycles. The Balaban J connectivity index is 1.27. The third-order valence-corrected chi connectivity index (χ3v) is 8.26. The Labute approximate surface area is 218 Å². The van der Waals surface area contributed by atoms with Gasteiger partial charge in [0, 0.05) is 17.1 Å². The Hall–Kier alpha value is -3.17. The number of benzene rings is 3. The first-order valence-electron chi connectivity index (χ1n) is 11.5. The van der Waals surface area contributed by atoms with E-state index in [0.29, 0.717) is 39.6 Å². The molecule has 9 heteroatoms. The summed E-state index contributed by atoms with van der Waals surface area (Å²) in [4.78, 5) is 12.1. The highest BCUT2D eigenvalue weighted by Crippen LogP contribution is 2.45. The number of thioether (sulfide) groups is 2. The summed E-state index contributed by atoms with van der Waals surface area (Å²) in [6, 6.07) is 19.6. The van der Waals surface area contributed by atoms with Crippen LogP contribution in [0.3, 0.4) is 0 Å². The van der Waals surface area contributed by atoms with Crippen LogP contribution < -0.4 is 19.6 Å². The number of nitrogens with zero attached hydrogens (tertiary/aromatic N) is 1. The van der Waals surface area contributed by atoms with Gasteiger partial charge in [-0.05, 0) is 54.4 Å². The van der Waals surface area contributed by atoms with Crippen LogP contribution in [0.1, 0.15) is 28.2 Å². The van der Waals surface area contributed by atoms with Crippen molar-refractivity contribution in [3.8, 4) is 17.2 Å². The number of hydrazone groups is 1. The molecule has 1 saturated heterocycles. The number of nitrogens with one attached hydrogen (secondary N) is 1. The SMILES string of the molecule is CCOc1cc(/C=N\NC(=O)COc2ccc(C3SCCS3)cc2)ccc1OCc1ccccc1F. The van der Waals surface area contributed by atoms with Crippen molar-refractivity contribution >= 4 is 35.6 Å². The van der Waals surface area contributed by atoms with Gasteiger partial charge in [0.2, 0.25) is 0 Å². The molecule has 3 aromatic rings. The van der Waals surface area contributed by atoms with E-state index >= 15 is 0 Å². The highest BCUT2D eigenvalue weighted by molar-refractivity contribution is 8.19. The number of rotatable bonds is 11. The van der Waals surface area contributed by atoms with Crippen LogP contribution in [-0.4, -0.2) is 36.8 Å². The summed E-state index contributed by atoms with van der Waals surface area (Å²) < 4.78 is 31.3. The second kappa shape index (κ2) is 13.2. The number of halogens is 1. The molecule has 1 fully saturated rings. The highest BCUT2D eigenvalue weighted by Gasteiger charge is 2.18. The smallest absolute Gasteiger partial charge is 0.277 e. The van der Waals surface area contributed by atoms with Gasteiger partial charge in [-0.3, -0.25) is 4.79 Å². The lowest BCUT2D eigenvalue weighted by Gasteiger charge is -2.13. The van der Waals surface area contributed by atoms with E-state index in [1.165, 1.54) is 29.4 Å². The summed E-state index contributed by atoms with van der Waals surface area (Å²) in [5, 5.41) is 4.00. The second-order valence-corrected chi connectivity index (χ2v) is 10.5. The summed E-state index contributed by atoms with van der Waals surface area (Å²) in [7, 11) is 0. The van der Waals surface area contributed by atoms with Crippen LogP contribution in [0.5, 0.6) is 17.2 Å². The highest BCUT2D eigenvalue weighted by atomic mass is 32.2. The van der Waals surface area contributed by atoms with Gasteiger partial charge in [0.15, 0.2) is 18.1 Å². The number of amides is 1. The third-order valence-electron chi connectivity index (χ3n) is 5.16. The van der Waals surface area contributed by atoms with Crippen LogP contribution in [0.4, 0.5) is 4.39 Å². The van der Waals surface area contributed by atoms with Crippen molar-refractivity contribution in [1.82, 2.24) is 5.43 Å². The maximum Gasteiger partial charge on any atom is 0.277 e. The van der Waals surface area contributed by atoms with Gasteiger partial charge in [-0.25, -0.2) is 9.82 Å². The topological polar surface area (TPSA) is 69.2 Å². The predicted molar refractivity (Wildman–Crippen MR) is 144 cm³/mol. The summed E-state index contributed by atoms with van der Waals surface area (Å²) >= 11 is 3.89. The molecule has 6 nitrogen and oxygen atoms in total. The normalized spacial score (nSPS) is 13.6. The second-order valence-electron chi connectivity index (χ2n) is 7.74. The zero-order valence-corrected chi connectivity index (χ0v) is 21.4. The van der Waals surface area contributed by atoms with Gasteiger partial charge in [0.25, 0.3) is 5.91 Å². The lowest BCUT2D eigenvalue weighted by molar-refractivity contribution is -0.123. The predicted octanol–water partition coefficient (Wildman–Crippen LogP) is 5.81. The van der Waals surface area contributed by atoms with Crippen LogP contribution >= 0.6 is 23.5 Å². The van der Waals surface area contributed by atoms with Crippen molar-refractivity contribution in [3.63, 3.8) is 0 Å². The van der Waals surface area contributed by atoms with Crippen LogP contribution in [0.15, 0.2) is 71.8 Å². The molecule has 1 aliphatic rings. The molecule has 0 aliphatic carbocycles. The molecule has 0 atom stereocenters. The number of hydrogen-bond donors (Lipinski definition) is 1. The summed E-state index contributed by atoms with van der Waals surface area (Å²) in [6.45, 7) is 2.24. The van der Waals surface area contributed by atoms with E-state index in [1.54, 1.807) is 36.4 Å². The van der Waals surface area contributed by atoms with Crippen molar-refractivity contribution in [2.24, 2.45) is 5.10 Å². The minimum atomic E-state index is -0.368. The molecule has 1 aliphatic heterocycles. The van der Waals surface area contributed by atoms with Crippen molar-refractivity contribution in [2.45, 2.75) is 18.1 Å². The first-order chi connectivity index (χ1) is 17.6.